The fourth-order valence-corrected chi connectivity index (χ4v) is 3.17. The molecule has 2 heterocycles. The third kappa shape index (κ3) is 2.37. The Morgan fingerprint density at radius 3 is 2.94 bits per heavy atom. The first-order valence-corrected chi connectivity index (χ1v) is 7.30. The highest BCUT2D eigenvalue weighted by atomic mass is 32.2. The molecule has 0 atom stereocenters. The minimum atomic E-state index is -2.93. The summed E-state index contributed by atoms with van der Waals surface area (Å²) < 4.78 is 23.1. The number of nitrogens with zero attached hydrogens (tertiary/aromatic N) is 1. The van der Waals surface area contributed by atoms with Crippen molar-refractivity contribution in [1.29, 1.82) is 0 Å². The van der Waals surface area contributed by atoms with Crippen molar-refractivity contribution >= 4 is 15.7 Å². The van der Waals surface area contributed by atoms with E-state index in [0.717, 1.165) is 17.8 Å². The normalized spacial score (nSPS) is 18.4. The highest BCUT2D eigenvalue weighted by molar-refractivity contribution is 7.90. The summed E-state index contributed by atoms with van der Waals surface area (Å²) in [5.74, 6) is 1.55. The number of hydrogen-bond acceptors (Lipinski definition) is 4. The summed E-state index contributed by atoms with van der Waals surface area (Å²) in [4.78, 5) is 0. The van der Waals surface area contributed by atoms with Crippen molar-refractivity contribution in [1.82, 2.24) is 10.2 Å². The first kappa shape index (κ1) is 11.4. The lowest BCUT2D eigenvalue weighted by molar-refractivity contribution is 0.591. The highest BCUT2D eigenvalue weighted by Crippen LogP contribution is 2.25. The molecular formula is C10H17N3O2S. The average molecular weight is 243 g/mol. The van der Waals surface area contributed by atoms with Crippen LogP contribution in [0.5, 0.6) is 0 Å². The van der Waals surface area contributed by atoms with Gasteiger partial charge in [-0.2, -0.15) is 5.10 Å². The van der Waals surface area contributed by atoms with Gasteiger partial charge in [0.05, 0.1) is 11.5 Å². The Kier molecular flexibility index (Phi) is 2.92. The van der Waals surface area contributed by atoms with E-state index < -0.39 is 9.84 Å². The number of fused-ring (bicyclic) bond motifs is 1. The van der Waals surface area contributed by atoms with Crippen LogP contribution in [0.1, 0.15) is 25.1 Å². The van der Waals surface area contributed by atoms with Crippen LogP contribution in [0.4, 0.5) is 5.82 Å². The third-order valence-corrected chi connectivity index (χ3v) is 4.21. The van der Waals surface area contributed by atoms with Crippen molar-refractivity contribution in [2.75, 3.05) is 17.6 Å². The van der Waals surface area contributed by atoms with Crippen molar-refractivity contribution in [2.45, 2.75) is 26.0 Å². The molecule has 0 fully saturated rings. The molecule has 1 aliphatic rings. The second-order valence-electron chi connectivity index (χ2n) is 4.65. The number of anilines is 1. The molecule has 2 rings (SSSR count). The van der Waals surface area contributed by atoms with Gasteiger partial charge in [-0.15, -0.1) is 0 Å². The lowest BCUT2D eigenvalue weighted by Crippen LogP contribution is -2.19. The van der Waals surface area contributed by atoms with Gasteiger partial charge < -0.3 is 5.32 Å². The maximum absolute atomic E-state index is 11.5. The molecule has 0 saturated heterocycles. The molecule has 1 aromatic rings. The number of H-pyrrole nitrogens is 1. The lowest BCUT2D eigenvalue weighted by atomic mass is 10.2. The number of aromatic nitrogens is 2. The Morgan fingerprint density at radius 2 is 2.25 bits per heavy atom. The lowest BCUT2D eigenvalue weighted by Gasteiger charge is -2.13. The van der Waals surface area contributed by atoms with Crippen molar-refractivity contribution in [3.05, 3.63) is 11.3 Å². The molecule has 1 aromatic heterocycles. The van der Waals surface area contributed by atoms with Crippen LogP contribution in [0.15, 0.2) is 0 Å². The predicted octanol–water partition coefficient (Wildman–Crippen LogP) is 0.949. The summed E-state index contributed by atoms with van der Waals surface area (Å²) in [6.07, 6.45) is 0.550. The van der Waals surface area contributed by atoms with Gasteiger partial charge in [-0.25, -0.2) is 8.42 Å². The first-order chi connectivity index (χ1) is 7.48. The van der Waals surface area contributed by atoms with Gasteiger partial charge in [0.15, 0.2) is 15.7 Å². The molecule has 6 heteroatoms. The van der Waals surface area contributed by atoms with Gasteiger partial charge in [0, 0.05) is 24.2 Å². The monoisotopic (exact) mass is 243 g/mol. The van der Waals surface area contributed by atoms with Gasteiger partial charge in [0.1, 0.15) is 0 Å². The van der Waals surface area contributed by atoms with Gasteiger partial charge >= 0.3 is 0 Å². The van der Waals surface area contributed by atoms with Crippen LogP contribution in [0.25, 0.3) is 0 Å². The number of aromatic amines is 1. The molecule has 0 bridgehead atoms. The largest absolute Gasteiger partial charge is 0.368 e. The fourth-order valence-electron chi connectivity index (χ4n) is 1.76. The van der Waals surface area contributed by atoms with Crippen molar-refractivity contribution in [3.8, 4) is 0 Å². The van der Waals surface area contributed by atoms with Crippen molar-refractivity contribution < 1.29 is 8.42 Å². The molecular weight excluding hydrogens is 226 g/mol. The summed E-state index contributed by atoms with van der Waals surface area (Å²) in [5.41, 5.74) is 1.79. The number of aryl methyl sites for hydroxylation is 1. The van der Waals surface area contributed by atoms with E-state index in [1.807, 2.05) is 0 Å². The van der Waals surface area contributed by atoms with Crippen LogP contribution in [0, 0.1) is 5.92 Å². The molecule has 16 heavy (non-hydrogen) atoms. The summed E-state index contributed by atoms with van der Waals surface area (Å²) in [7, 11) is -2.93. The zero-order valence-corrected chi connectivity index (χ0v) is 10.4. The second kappa shape index (κ2) is 4.08. The first-order valence-electron chi connectivity index (χ1n) is 5.48. The number of hydrogen-bond donors (Lipinski definition) is 2. The molecule has 0 saturated carbocycles. The van der Waals surface area contributed by atoms with Crippen LogP contribution in [-0.2, 0) is 22.0 Å². The standard InChI is InChI=1S/C10H17N3O2S/c1-7(2)5-11-10-8-6-16(14,15)4-3-9(8)12-13-10/h7H,3-6H2,1-2H3,(H2,11,12,13). The van der Waals surface area contributed by atoms with E-state index in [2.05, 4.69) is 29.4 Å². The van der Waals surface area contributed by atoms with Gasteiger partial charge in [-0.05, 0) is 5.92 Å². The third-order valence-electron chi connectivity index (χ3n) is 2.66. The molecule has 1 aliphatic heterocycles. The SMILES string of the molecule is CC(C)CNc1n[nH]c2c1CS(=O)(=O)CC2. The quantitative estimate of drug-likeness (QED) is 0.828. The molecule has 0 aliphatic carbocycles. The second-order valence-corrected chi connectivity index (χ2v) is 6.83. The van der Waals surface area contributed by atoms with Gasteiger partial charge in [0.2, 0.25) is 0 Å². The van der Waals surface area contributed by atoms with Gasteiger partial charge in [-0.3, -0.25) is 5.10 Å². The van der Waals surface area contributed by atoms with Crippen molar-refractivity contribution in [3.63, 3.8) is 0 Å². The Morgan fingerprint density at radius 1 is 1.50 bits per heavy atom. The van der Waals surface area contributed by atoms with Crippen LogP contribution in [0.2, 0.25) is 0 Å². The Hall–Kier alpha value is -1.04. The van der Waals surface area contributed by atoms with E-state index in [9.17, 15) is 8.42 Å². The molecule has 0 radical (unpaired) electrons. The summed E-state index contributed by atoms with van der Waals surface area (Å²) in [6, 6.07) is 0. The molecule has 2 N–H and O–H groups in total. The van der Waals surface area contributed by atoms with Gasteiger partial charge in [-0.1, -0.05) is 13.8 Å². The summed E-state index contributed by atoms with van der Waals surface area (Å²) in [5, 5.41) is 10.2. The van der Waals surface area contributed by atoms with E-state index in [1.165, 1.54) is 0 Å². The van der Waals surface area contributed by atoms with Crippen molar-refractivity contribution in [2.24, 2.45) is 5.92 Å². The predicted molar refractivity (Wildman–Crippen MR) is 63.1 cm³/mol. The molecule has 5 nitrogen and oxygen atoms in total. The Balaban J connectivity index is 2.20. The molecule has 0 unspecified atom stereocenters. The Bertz CT molecular complexity index is 476. The van der Waals surface area contributed by atoms with E-state index >= 15 is 0 Å². The van der Waals surface area contributed by atoms with Crippen LogP contribution >= 0.6 is 0 Å². The molecule has 90 valence electrons. The van der Waals surface area contributed by atoms with E-state index in [4.69, 9.17) is 0 Å². The van der Waals surface area contributed by atoms with E-state index in [1.54, 1.807) is 0 Å². The maximum atomic E-state index is 11.5. The number of rotatable bonds is 3. The number of nitrogens with one attached hydrogen (secondary N) is 2. The number of sulfone groups is 1. The highest BCUT2D eigenvalue weighted by Gasteiger charge is 2.26. The topological polar surface area (TPSA) is 74.8 Å². The fraction of sp³-hybridized carbons (Fsp3) is 0.700. The summed E-state index contributed by atoms with van der Waals surface area (Å²) >= 11 is 0. The van der Waals surface area contributed by atoms with Crippen LogP contribution < -0.4 is 5.32 Å². The summed E-state index contributed by atoms with van der Waals surface area (Å²) in [6.45, 7) is 5.00. The smallest absolute Gasteiger partial charge is 0.155 e. The van der Waals surface area contributed by atoms with Crippen LogP contribution in [-0.4, -0.2) is 30.9 Å². The molecule has 0 amide bonds. The average Bonchev–Trinajstić information content (AvgIpc) is 2.55. The maximum Gasteiger partial charge on any atom is 0.155 e. The van der Waals surface area contributed by atoms with E-state index in [0.29, 0.717) is 18.2 Å². The van der Waals surface area contributed by atoms with Gasteiger partial charge in [0.25, 0.3) is 0 Å². The zero-order chi connectivity index (χ0) is 11.8. The molecule has 0 aromatic carbocycles. The van der Waals surface area contributed by atoms with Crippen LogP contribution in [0.3, 0.4) is 0 Å². The zero-order valence-electron chi connectivity index (χ0n) is 9.58. The van der Waals surface area contributed by atoms with E-state index in [-0.39, 0.29) is 11.5 Å². The minimum Gasteiger partial charge on any atom is -0.368 e. The minimum absolute atomic E-state index is 0.110. The Labute approximate surface area is 95.6 Å². The molecule has 0 spiro atoms.